The summed E-state index contributed by atoms with van der Waals surface area (Å²) in [7, 11) is 1.11. The minimum Gasteiger partial charge on any atom is -0.491 e. The molecule has 1 heterocycles. The second-order valence-corrected chi connectivity index (χ2v) is 3.96. The van der Waals surface area contributed by atoms with Crippen molar-refractivity contribution in [3.05, 3.63) is 17.3 Å². The molecule has 0 bridgehead atoms. The second kappa shape index (κ2) is 6.78. The zero-order valence-corrected chi connectivity index (χ0v) is 12.2. The lowest BCUT2D eigenvalue weighted by Crippen LogP contribution is -2.20. The van der Waals surface area contributed by atoms with E-state index in [0.717, 1.165) is 7.11 Å². The first-order valence-corrected chi connectivity index (χ1v) is 6.51. The summed E-state index contributed by atoms with van der Waals surface area (Å²) >= 11 is 3.05. The third-order valence-corrected chi connectivity index (χ3v) is 2.62. The molecule has 0 aliphatic rings. The van der Waals surface area contributed by atoms with Gasteiger partial charge in [0.25, 0.3) is 5.88 Å². The summed E-state index contributed by atoms with van der Waals surface area (Å²) in [5.74, 6) is -2.08. The van der Waals surface area contributed by atoms with Gasteiger partial charge in [-0.25, -0.2) is 9.78 Å². The van der Waals surface area contributed by atoms with Crippen LogP contribution in [0.4, 0.5) is 13.2 Å². The number of rotatable bonds is 5. The van der Waals surface area contributed by atoms with Crippen LogP contribution in [-0.4, -0.2) is 31.0 Å². The Balaban J connectivity index is 3.34. The second-order valence-electron chi connectivity index (χ2n) is 3.40. The number of hydrogen-bond acceptors (Lipinski definition) is 5. The van der Waals surface area contributed by atoms with Gasteiger partial charge in [-0.15, -0.1) is 13.2 Å². The molecule has 1 rings (SSSR count). The first kappa shape index (κ1) is 16.5. The molecular formula is C11H11BrF3NO4. The van der Waals surface area contributed by atoms with Crippen molar-refractivity contribution >= 4 is 21.9 Å². The SMILES string of the molecule is CCOC(=O)c1cc(CBr)nc(OC(F)(F)F)c1OC. The molecule has 112 valence electrons. The Labute approximate surface area is 121 Å². The van der Waals surface area contributed by atoms with Crippen LogP contribution in [0, 0.1) is 0 Å². The van der Waals surface area contributed by atoms with Gasteiger partial charge in [-0.3, -0.25) is 0 Å². The van der Waals surface area contributed by atoms with Crippen LogP contribution in [0.2, 0.25) is 0 Å². The van der Waals surface area contributed by atoms with Crippen LogP contribution >= 0.6 is 15.9 Å². The number of nitrogens with zero attached hydrogens (tertiary/aromatic N) is 1. The molecule has 0 unspecified atom stereocenters. The molecule has 9 heteroatoms. The van der Waals surface area contributed by atoms with Crippen LogP contribution in [0.25, 0.3) is 0 Å². The maximum absolute atomic E-state index is 12.3. The van der Waals surface area contributed by atoms with Crippen LogP contribution in [0.15, 0.2) is 6.07 Å². The van der Waals surface area contributed by atoms with Crippen molar-refractivity contribution in [3.63, 3.8) is 0 Å². The Morgan fingerprint density at radius 2 is 2.10 bits per heavy atom. The lowest BCUT2D eigenvalue weighted by atomic mass is 10.2. The van der Waals surface area contributed by atoms with Gasteiger partial charge in [-0.1, -0.05) is 15.9 Å². The Hall–Kier alpha value is -1.51. The molecule has 0 aliphatic carbocycles. The molecule has 0 radical (unpaired) electrons. The molecule has 0 atom stereocenters. The molecule has 0 spiro atoms. The summed E-state index contributed by atoms with van der Waals surface area (Å²) in [4.78, 5) is 15.4. The molecule has 1 aromatic heterocycles. The average molecular weight is 358 g/mol. The van der Waals surface area contributed by atoms with Gasteiger partial charge in [0.1, 0.15) is 5.56 Å². The predicted octanol–water partition coefficient (Wildman–Crippen LogP) is 3.06. The number of carbonyl (C=O) groups is 1. The van der Waals surface area contributed by atoms with Crippen molar-refractivity contribution < 1.29 is 32.2 Å². The van der Waals surface area contributed by atoms with Gasteiger partial charge in [-0.05, 0) is 13.0 Å². The van der Waals surface area contributed by atoms with Crippen molar-refractivity contribution in [2.45, 2.75) is 18.6 Å². The molecule has 0 N–H and O–H groups in total. The number of halogens is 4. The van der Waals surface area contributed by atoms with E-state index in [2.05, 4.69) is 25.7 Å². The molecule has 5 nitrogen and oxygen atoms in total. The number of esters is 1. The lowest BCUT2D eigenvalue weighted by Gasteiger charge is -2.15. The minimum atomic E-state index is -4.95. The third kappa shape index (κ3) is 4.26. The summed E-state index contributed by atoms with van der Waals surface area (Å²) in [6.07, 6.45) is -4.95. The molecule has 0 fully saturated rings. The standard InChI is InChI=1S/C11H11BrF3NO4/c1-3-19-10(17)7-4-6(5-12)16-9(8(7)18-2)20-11(13,14)15/h4H,3,5H2,1-2H3. The molecule has 0 saturated carbocycles. The minimum absolute atomic E-state index is 0.0728. The smallest absolute Gasteiger partial charge is 0.491 e. The molecule has 0 saturated heterocycles. The highest BCUT2D eigenvalue weighted by Crippen LogP contribution is 2.34. The van der Waals surface area contributed by atoms with E-state index >= 15 is 0 Å². The van der Waals surface area contributed by atoms with E-state index < -0.39 is 24.0 Å². The lowest BCUT2D eigenvalue weighted by molar-refractivity contribution is -0.276. The average Bonchev–Trinajstić information content (AvgIpc) is 2.36. The number of alkyl halides is 4. The van der Waals surface area contributed by atoms with Crippen LogP contribution in [-0.2, 0) is 10.1 Å². The summed E-state index contributed by atoms with van der Waals surface area (Å²) in [5, 5.41) is 0.137. The largest absolute Gasteiger partial charge is 0.574 e. The van der Waals surface area contributed by atoms with Crippen LogP contribution < -0.4 is 9.47 Å². The van der Waals surface area contributed by atoms with E-state index in [0.29, 0.717) is 0 Å². The fourth-order valence-corrected chi connectivity index (χ4v) is 1.65. The van der Waals surface area contributed by atoms with E-state index in [4.69, 9.17) is 9.47 Å². The number of methoxy groups -OCH3 is 1. The summed E-state index contributed by atoms with van der Waals surface area (Å²) in [6.45, 7) is 1.65. The summed E-state index contributed by atoms with van der Waals surface area (Å²) < 4.78 is 50.3. The van der Waals surface area contributed by atoms with Crippen LogP contribution in [0.1, 0.15) is 23.0 Å². The van der Waals surface area contributed by atoms with Gasteiger partial charge in [0.15, 0.2) is 5.75 Å². The summed E-state index contributed by atoms with van der Waals surface area (Å²) in [6, 6.07) is 1.27. The predicted molar refractivity (Wildman–Crippen MR) is 66.1 cm³/mol. The van der Waals surface area contributed by atoms with Gasteiger partial charge in [-0.2, -0.15) is 0 Å². The Morgan fingerprint density at radius 1 is 1.45 bits per heavy atom. The summed E-state index contributed by atoms with van der Waals surface area (Å²) in [5.41, 5.74) is -0.00819. The highest BCUT2D eigenvalue weighted by molar-refractivity contribution is 9.08. The quantitative estimate of drug-likeness (QED) is 0.598. The van der Waals surface area contributed by atoms with Crippen LogP contribution in [0.5, 0.6) is 11.6 Å². The number of pyridine rings is 1. The third-order valence-electron chi connectivity index (χ3n) is 2.04. The van der Waals surface area contributed by atoms with Crippen molar-refractivity contribution in [3.8, 4) is 11.6 Å². The van der Waals surface area contributed by atoms with Crippen LogP contribution in [0.3, 0.4) is 0 Å². The van der Waals surface area contributed by atoms with E-state index in [9.17, 15) is 18.0 Å². The maximum atomic E-state index is 12.3. The first-order chi connectivity index (χ1) is 9.32. The molecular weight excluding hydrogens is 347 g/mol. The maximum Gasteiger partial charge on any atom is 0.574 e. The first-order valence-electron chi connectivity index (χ1n) is 5.39. The van der Waals surface area contributed by atoms with Gasteiger partial charge in [0, 0.05) is 5.33 Å². The molecule has 1 aromatic rings. The number of carbonyl (C=O) groups excluding carboxylic acids is 1. The van der Waals surface area contributed by atoms with Gasteiger partial charge in [0.2, 0.25) is 0 Å². The fraction of sp³-hybridized carbons (Fsp3) is 0.455. The number of ether oxygens (including phenoxy) is 3. The van der Waals surface area contributed by atoms with Gasteiger partial charge < -0.3 is 14.2 Å². The van der Waals surface area contributed by atoms with Gasteiger partial charge >= 0.3 is 12.3 Å². The number of hydrogen-bond donors (Lipinski definition) is 0. The number of aromatic nitrogens is 1. The Kier molecular flexibility index (Phi) is 5.61. The Morgan fingerprint density at radius 3 is 2.55 bits per heavy atom. The highest BCUT2D eigenvalue weighted by Gasteiger charge is 2.35. The van der Waals surface area contributed by atoms with E-state index in [1.807, 2.05) is 0 Å². The zero-order chi connectivity index (χ0) is 15.3. The molecule has 20 heavy (non-hydrogen) atoms. The van der Waals surface area contributed by atoms with E-state index in [1.54, 1.807) is 6.92 Å². The van der Waals surface area contributed by atoms with Gasteiger partial charge in [0.05, 0.1) is 19.4 Å². The fourth-order valence-electron chi connectivity index (χ4n) is 1.37. The van der Waals surface area contributed by atoms with Crippen molar-refractivity contribution in [2.24, 2.45) is 0 Å². The normalized spacial score (nSPS) is 11.1. The molecule has 0 amide bonds. The van der Waals surface area contributed by atoms with Crippen molar-refractivity contribution in [1.29, 1.82) is 0 Å². The highest BCUT2D eigenvalue weighted by atomic mass is 79.9. The van der Waals surface area contributed by atoms with Crippen molar-refractivity contribution in [2.75, 3.05) is 13.7 Å². The Bertz CT molecular complexity index is 493. The zero-order valence-electron chi connectivity index (χ0n) is 10.6. The molecule has 0 aliphatic heterocycles. The monoisotopic (exact) mass is 357 g/mol. The topological polar surface area (TPSA) is 57.7 Å². The molecule has 0 aromatic carbocycles. The van der Waals surface area contributed by atoms with E-state index in [1.165, 1.54) is 6.07 Å². The van der Waals surface area contributed by atoms with E-state index in [-0.39, 0.29) is 23.2 Å². The van der Waals surface area contributed by atoms with Crippen molar-refractivity contribution in [1.82, 2.24) is 4.98 Å².